The first kappa shape index (κ1) is 16.4. The van der Waals surface area contributed by atoms with Crippen molar-refractivity contribution in [2.75, 3.05) is 52.5 Å². The molecule has 1 aromatic carbocycles. The summed E-state index contributed by atoms with van der Waals surface area (Å²) in [5, 5.41) is 8.68. The van der Waals surface area contributed by atoms with Crippen LogP contribution in [0.5, 0.6) is 0 Å². The van der Waals surface area contributed by atoms with E-state index in [1.807, 2.05) is 0 Å². The molecule has 1 aliphatic rings. The predicted octanol–water partition coefficient (Wildman–Crippen LogP) is -1.40. The number of aliphatic hydroxyl groups excluding tert-OH is 1. The lowest BCUT2D eigenvalue weighted by Crippen LogP contribution is -3.27. The van der Waals surface area contributed by atoms with E-state index in [9.17, 15) is 0 Å². The summed E-state index contributed by atoms with van der Waals surface area (Å²) in [5.41, 5.74) is 4.28. The van der Waals surface area contributed by atoms with Crippen LogP contribution in [0.25, 0.3) is 0 Å². The van der Waals surface area contributed by atoms with Gasteiger partial charge in [0, 0.05) is 5.56 Å². The van der Waals surface area contributed by atoms with E-state index in [-0.39, 0.29) is 6.61 Å². The normalized spacial score (nSPS) is 22.4. The third-order valence-corrected chi connectivity index (χ3v) is 4.44. The van der Waals surface area contributed by atoms with Crippen molar-refractivity contribution < 1.29 is 19.6 Å². The molecule has 0 bridgehead atoms. The average molecular weight is 294 g/mol. The minimum absolute atomic E-state index is 0.128. The predicted molar refractivity (Wildman–Crippen MR) is 83.8 cm³/mol. The van der Waals surface area contributed by atoms with Crippen molar-refractivity contribution in [3.05, 3.63) is 34.9 Å². The summed E-state index contributed by atoms with van der Waals surface area (Å²) in [7, 11) is 0. The summed E-state index contributed by atoms with van der Waals surface area (Å²) < 4.78 is 5.36. The van der Waals surface area contributed by atoms with Gasteiger partial charge in [0.25, 0.3) is 0 Å². The standard InChI is InChI=1S/C17H28N2O2/c1-15-3-4-16(2)17(13-15)14-19-7-5-18(6-8-19)9-11-21-12-10-20/h3-4,13,20H,5-12,14H2,1-2H3/p+2. The Morgan fingerprint density at radius 1 is 1.05 bits per heavy atom. The molecule has 4 nitrogen and oxygen atoms in total. The van der Waals surface area contributed by atoms with E-state index in [2.05, 4.69) is 32.0 Å². The molecule has 3 N–H and O–H groups in total. The molecule has 1 aliphatic heterocycles. The molecule has 21 heavy (non-hydrogen) atoms. The lowest BCUT2D eigenvalue weighted by atomic mass is 10.0. The van der Waals surface area contributed by atoms with Crippen LogP contribution < -0.4 is 9.80 Å². The highest BCUT2D eigenvalue weighted by atomic mass is 16.5. The largest absolute Gasteiger partial charge is 0.394 e. The van der Waals surface area contributed by atoms with Gasteiger partial charge >= 0.3 is 0 Å². The van der Waals surface area contributed by atoms with Gasteiger partial charge in [-0.1, -0.05) is 23.8 Å². The Kier molecular flexibility index (Phi) is 6.64. The van der Waals surface area contributed by atoms with Crippen molar-refractivity contribution in [3.8, 4) is 0 Å². The van der Waals surface area contributed by atoms with Gasteiger partial charge in [0.2, 0.25) is 0 Å². The molecular formula is C17H30N2O2+2. The number of benzene rings is 1. The van der Waals surface area contributed by atoms with E-state index in [0.717, 1.165) is 19.7 Å². The van der Waals surface area contributed by atoms with Gasteiger partial charge in [0.1, 0.15) is 39.3 Å². The minimum atomic E-state index is 0.128. The average Bonchev–Trinajstić information content (AvgIpc) is 2.49. The quantitative estimate of drug-likeness (QED) is 0.541. The highest BCUT2D eigenvalue weighted by Gasteiger charge is 2.23. The maximum Gasteiger partial charge on any atom is 0.127 e. The van der Waals surface area contributed by atoms with Gasteiger partial charge in [-0.2, -0.15) is 0 Å². The monoisotopic (exact) mass is 294 g/mol. The van der Waals surface area contributed by atoms with E-state index in [0.29, 0.717) is 6.61 Å². The Morgan fingerprint density at radius 3 is 2.48 bits per heavy atom. The number of piperazine rings is 1. The van der Waals surface area contributed by atoms with Crippen molar-refractivity contribution in [1.29, 1.82) is 0 Å². The van der Waals surface area contributed by atoms with E-state index >= 15 is 0 Å². The van der Waals surface area contributed by atoms with Crippen LogP contribution in [-0.2, 0) is 11.3 Å². The van der Waals surface area contributed by atoms with Crippen molar-refractivity contribution >= 4 is 0 Å². The van der Waals surface area contributed by atoms with Crippen LogP contribution in [0.1, 0.15) is 16.7 Å². The number of aliphatic hydroxyl groups is 1. The SMILES string of the molecule is Cc1ccc(C)c(C[NH+]2CC[NH+](CCOCCO)CC2)c1. The molecule has 1 saturated heterocycles. The van der Waals surface area contributed by atoms with Crippen LogP contribution in [0, 0.1) is 13.8 Å². The van der Waals surface area contributed by atoms with Gasteiger partial charge in [0.15, 0.2) is 0 Å². The molecule has 1 aromatic rings. The summed E-state index contributed by atoms with van der Waals surface area (Å²) in [6.07, 6.45) is 0. The van der Waals surface area contributed by atoms with Crippen LogP contribution in [-0.4, -0.2) is 57.7 Å². The van der Waals surface area contributed by atoms with Crippen LogP contribution >= 0.6 is 0 Å². The lowest BCUT2D eigenvalue weighted by Gasteiger charge is -2.30. The van der Waals surface area contributed by atoms with Crippen molar-refractivity contribution in [2.24, 2.45) is 0 Å². The fourth-order valence-corrected chi connectivity index (χ4v) is 3.03. The molecule has 0 unspecified atom stereocenters. The number of quaternary nitrogens is 2. The molecular weight excluding hydrogens is 264 g/mol. The number of aryl methyl sites for hydroxylation is 2. The van der Waals surface area contributed by atoms with Crippen LogP contribution in [0.2, 0.25) is 0 Å². The highest BCUT2D eigenvalue weighted by Crippen LogP contribution is 2.09. The Labute approximate surface area is 128 Å². The second-order valence-corrected chi connectivity index (χ2v) is 6.19. The molecule has 4 heteroatoms. The summed E-state index contributed by atoms with van der Waals surface area (Å²) >= 11 is 0. The number of nitrogens with one attached hydrogen (secondary N) is 2. The van der Waals surface area contributed by atoms with Crippen LogP contribution in [0.3, 0.4) is 0 Å². The lowest BCUT2D eigenvalue weighted by molar-refractivity contribution is -1.02. The fourth-order valence-electron chi connectivity index (χ4n) is 3.03. The summed E-state index contributed by atoms with van der Waals surface area (Å²) in [5.74, 6) is 0. The fraction of sp³-hybridized carbons (Fsp3) is 0.647. The van der Waals surface area contributed by atoms with Crippen molar-refractivity contribution in [3.63, 3.8) is 0 Å². The first-order valence-electron chi connectivity index (χ1n) is 8.11. The van der Waals surface area contributed by atoms with E-state index < -0.39 is 0 Å². The number of ether oxygens (including phenoxy) is 1. The van der Waals surface area contributed by atoms with E-state index in [1.54, 1.807) is 9.80 Å². The zero-order valence-corrected chi connectivity index (χ0v) is 13.5. The van der Waals surface area contributed by atoms with Crippen LogP contribution in [0.4, 0.5) is 0 Å². The third-order valence-electron chi connectivity index (χ3n) is 4.44. The van der Waals surface area contributed by atoms with Gasteiger partial charge < -0.3 is 19.6 Å². The Balaban J connectivity index is 1.72. The minimum Gasteiger partial charge on any atom is -0.394 e. The molecule has 0 amide bonds. The number of hydrogen-bond donors (Lipinski definition) is 3. The van der Waals surface area contributed by atoms with Gasteiger partial charge in [0.05, 0.1) is 19.8 Å². The van der Waals surface area contributed by atoms with Gasteiger partial charge in [-0.15, -0.1) is 0 Å². The van der Waals surface area contributed by atoms with E-state index in [1.165, 1.54) is 42.9 Å². The van der Waals surface area contributed by atoms with E-state index in [4.69, 9.17) is 9.84 Å². The first-order chi connectivity index (χ1) is 10.2. The molecule has 1 fully saturated rings. The maximum absolute atomic E-state index is 8.68. The Bertz CT molecular complexity index is 429. The maximum atomic E-state index is 8.68. The van der Waals surface area contributed by atoms with Crippen molar-refractivity contribution in [1.82, 2.24) is 0 Å². The topological polar surface area (TPSA) is 38.3 Å². The third kappa shape index (κ3) is 5.40. The Hall–Kier alpha value is -0.940. The molecule has 0 aliphatic carbocycles. The number of hydrogen-bond acceptors (Lipinski definition) is 2. The van der Waals surface area contributed by atoms with Gasteiger partial charge in [-0.3, -0.25) is 0 Å². The second-order valence-electron chi connectivity index (χ2n) is 6.19. The zero-order chi connectivity index (χ0) is 15.1. The molecule has 0 radical (unpaired) electrons. The summed E-state index contributed by atoms with van der Waals surface area (Å²) in [6, 6.07) is 6.77. The number of rotatable bonds is 7. The van der Waals surface area contributed by atoms with Gasteiger partial charge in [-0.25, -0.2) is 0 Å². The highest BCUT2D eigenvalue weighted by molar-refractivity contribution is 5.29. The zero-order valence-electron chi connectivity index (χ0n) is 13.5. The smallest absolute Gasteiger partial charge is 0.127 e. The van der Waals surface area contributed by atoms with Gasteiger partial charge in [-0.05, 0) is 19.4 Å². The molecule has 0 aromatic heterocycles. The first-order valence-corrected chi connectivity index (χ1v) is 8.11. The molecule has 0 spiro atoms. The summed E-state index contributed by atoms with van der Waals surface area (Å²) in [4.78, 5) is 3.33. The molecule has 1 heterocycles. The molecule has 2 rings (SSSR count). The summed E-state index contributed by atoms with van der Waals surface area (Å²) in [6.45, 7) is 12.9. The molecule has 0 atom stereocenters. The second kappa shape index (κ2) is 8.49. The van der Waals surface area contributed by atoms with Crippen molar-refractivity contribution in [2.45, 2.75) is 20.4 Å². The molecule has 0 saturated carbocycles. The molecule has 118 valence electrons. The van der Waals surface area contributed by atoms with Crippen LogP contribution in [0.15, 0.2) is 18.2 Å². The Morgan fingerprint density at radius 2 is 1.76 bits per heavy atom.